The van der Waals surface area contributed by atoms with E-state index in [1.165, 1.54) is 13.2 Å². The van der Waals surface area contributed by atoms with Gasteiger partial charge < -0.3 is 20.2 Å². The predicted octanol–water partition coefficient (Wildman–Crippen LogP) is 2.39. The number of carbonyl (C=O) groups excluding carboxylic acids is 1. The Morgan fingerprint density at radius 1 is 1.40 bits per heavy atom. The number of amides is 1. The lowest BCUT2D eigenvalue weighted by Crippen LogP contribution is -2.48. The summed E-state index contributed by atoms with van der Waals surface area (Å²) in [5, 5.41) is 12.9. The number of oxime groups is 1. The van der Waals surface area contributed by atoms with Gasteiger partial charge in [-0.25, -0.2) is 14.2 Å². The molecule has 2 aromatic rings. The third-order valence-corrected chi connectivity index (χ3v) is 4.58. The van der Waals surface area contributed by atoms with E-state index in [0.29, 0.717) is 24.2 Å². The van der Waals surface area contributed by atoms with Crippen LogP contribution in [0.1, 0.15) is 18.1 Å². The Balaban J connectivity index is 1.79. The van der Waals surface area contributed by atoms with Gasteiger partial charge in [0, 0.05) is 22.9 Å². The van der Waals surface area contributed by atoms with E-state index in [4.69, 9.17) is 20.7 Å². The van der Waals surface area contributed by atoms with Crippen LogP contribution in [0, 0.1) is 11.2 Å². The van der Waals surface area contributed by atoms with Crippen molar-refractivity contribution in [3.63, 3.8) is 0 Å². The molecule has 158 valence electrons. The maximum atomic E-state index is 15.0. The lowest BCUT2D eigenvalue weighted by atomic mass is 10.0. The topological polar surface area (TPSA) is 126 Å². The second kappa shape index (κ2) is 9.21. The van der Waals surface area contributed by atoms with Gasteiger partial charge in [0.05, 0.1) is 18.8 Å². The monoisotopic (exact) mass is 414 g/mol. The highest BCUT2D eigenvalue weighted by molar-refractivity contribution is 5.99. The van der Waals surface area contributed by atoms with Crippen LogP contribution in [0.5, 0.6) is 0 Å². The van der Waals surface area contributed by atoms with Gasteiger partial charge in [-0.3, -0.25) is 10.7 Å². The highest BCUT2D eigenvalue weighted by Crippen LogP contribution is 2.30. The number of aryl methyl sites for hydroxylation is 1. The molecular formula is C20H23FN6O3. The van der Waals surface area contributed by atoms with Crippen LogP contribution in [0.3, 0.4) is 0 Å². The molecule has 1 fully saturated rings. The number of benzene rings is 1. The number of guanidine groups is 1. The molecule has 1 aliphatic rings. The molecule has 0 aliphatic carbocycles. The van der Waals surface area contributed by atoms with Gasteiger partial charge in [-0.05, 0) is 18.1 Å². The minimum atomic E-state index is -0.919. The largest absolute Gasteiger partial charge is 0.444 e. The minimum absolute atomic E-state index is 0.205. The first-order chi connectivity index (χ1) is 14.4. The number of nitrogens with one attached hydrogen (secondary N) is 2. The third-order valence-electron chi connectivity index (χ3n) is 4.58. The van der Waals surface area contributed by atoms with Crippen LogP contribution < -0.4 is 16.0 Å². The van der Waals surface area contributed by atoms with Gasteiger partial charge in [-0.1, -0.05) is 30.3 Å². The molecule has 10 heteroatoms. The highest BCUT2D eigenvalue weighted by Gasteiger charge is 2.26. The number of nitrogens with two attached hydrogens (primary N) is 1. The lowest BCUT2D eigenvalue weighted by molar-refractivity contribution is 0.143. The zero-order valence-corrected chi connectivity index (χ0v) is 16.7. The summed E-state index contributed by atoms with van der Waals surface area (Å²) in [6.45, 7) is 3.02. The number of pyridine rings is 1. The quantitative estimate of drug-likeness (QED) is 0.379. The van der Waals surface area contributed by atoms with Gasteiger partial charge in [-0.2, -0.15) is 0 Å². The Bertz CT molecular complexity index is 987. The van der Waals surface area contributed by atoms with Gasteiger partial charge in [0.25, 0.3) is 0 Å². The normalized spacial score (nSPS) is 12.8. The van der Waals surface area contributed by atoms with Crippen LogP contribution >= 0.6 is 0 Å². The Labute approximate surface area is 173 Å². The second-order valence-electron chi connectivity index (χ2n) is 6.65. The fraction of sp³-hybridized carbons (Fsp3) is 0.300. The summed E-state index contributed by atoms with van der Waals surface area (Å²) in [6.07, 6.45) is 1.45. The van der Waals surface area contributed by atoms with E-state index in [9.17, 15) is 4.79 Å². The third kappa shape index (κ3) is 4.65. The number of halogens is 1. The summed E-state index contributed by atoms with van der Waals surface area (Å²) >= 11 is 0. The summed E-state index contributed by atoms with van der Waals surface area (Å²) in [7, 11) is 1.52. The first-order valence-electron chi connectivity index (χ1n) is 9.31. The summed E-state index contributed by atoms with van der Waals surface area (Å²) in [5.41, 5.74) is 8.20. The fourth-order valence-electron chi connectivity index (χ4n) is 3.13. The van der Waals surface area contributed by atoms with Crippen molar-refractivity contribution in [3.05, 3.63) is 47.4 Å². The first kappa shape index (κ1) is 21.0. The van der Waals surface area contributed by atoms with Crippen LogP contribution in [-0.2, 0) is 22.6 Å². The molecule has 30 heavy (non-hydrogen) atoms. The Hall–Kier alpha value is -3.69. The van der Waals surface area contributed by atoms with E-state index in [2.05, 4.69) is 15.0 Å². The molecule has 0 bridgehead atoms. The number of rotatable bonds is 6. The molecule has 0 radical (unpaired) electrons. The summed E-state index contributed by atoms with van der Waals surface area (Å²) in [4.78, 5) is 22.9. The average molecular weight is 414 g/mol. The zero-order valence-electron chi connectivity index (χ0n) is 16.7. The molecule has 0 atom stereocenters. The SMILES string of the molecule is CCc1cc(-c2cccc(COC(=O)NC(=N)N)c2F)cnc1N1CC(=NOC)C1. The van der Waals surface area contributed by atoms with Gasteiger partial charge in [0.15, 0.2) is 5.96 Å². The highest BCUT2D eigenvalue weighted by atomic mass is 19.1. The van der Waals surface area contributed by atoms with Crippen LogP contribution in [0.15, 0.2) is 35.6 Å². The Kier molecular flexibility index (Phi) is 6.45. The molecule has 1 aromatic heterocycles. The molecule has 1 aliphatic heterocycles. The molecule has 0 unspecified atom stereocenters. The molecule has 3 rings (SSSR count). The fourth-order valence-corrected chi connectivity index (χ4v) is 3.13. The van der Waals surface area contributed by atoms with Crippen molar-refractivity contribution < 1.29 is 18.8 Å². The smallest absolute Gasteiger partial charge is 0.414 e. The zero-order chi connectivity index (χ0) is 21.7. The first-order valence-corrected chi connectivity index (χ1v) is 9.31. The van der Waals surface area contributed by atoms with E-state index in [1.807, 2.05) is 18.3 Å². The van der Waals surface area contributed by atoms with E-state index in [0.717, 1.165) is 23.5 Å². The summed E-state index contributed by atoms with van der Waals surface area (Å²) < 4.78 is 19.9. The molecule has 9 nitrogen and oxygen atoms in total. The van der Waals surface area contributed by atoms with E-state index < -0.39 is 17.9 Å². The van der Waals surface area contributed by atoms with Crippen LogP contribution in [-0.4, -0.2) is 42.9 Å². The minimum Gasteiger partial charge on any atom is -0.444 e. The maximum Gasteiger partial charge on any atom is 0.414 e. The van der Waals surface area contributed by atoms with Gasteiger partial charge in [-0.15, -0.1) is 0 Å². The number of alkyl carbamates (subject to hydrolysis) is 1. The number of carbonyl (C=O) groups is 1. The standard InChI is InChI=1S/C20H23FN6O3/c1-3-12-7-14(8-24-18(12)27-9-15(10-27)26-29-2)16-6-4-5-13(17(16)21)11-30-20(28)25-19(22)23/h4-8H,3,9-11H2,1-2H3,(H4,22,23,25,28). The Morgan fingerprint density at radius 3 is 2.83 bits per heavy atom. The average Bonchev–Trinajstić information content (AvgIpc) is 2.69. The summed E-state index contributed by atoms with van der Waals surface area (Å²) in [5.74, 6) is -0.199. The van der Waals surface area contributed by atoms with Crippen molar-refractivity contribution in [2.24, 2.45) is 10.9 Å². The lowest BCUT2D eigenvalue weighted by Gasteiger charge is -2.34. The van der Waals surface area contributed by atoms with Gasteiger partial charge in [0.2, 0.25) is 0 Å². The maximum absolute atomic E-state index is 15.0. The number of anilines is 1. The van der Waals surface area contributed by atoms with Gasteiger partial charge in [0.1, 0.15) is 25.4 Å². The van der Waals surface area contributed by atoms with Crippen LogP contribution in [0.4, 0.5) is 15.0 Å². The van der Waals surface area contributed by atoms with E-state index in [1.54, 1.807) is 18.3 Å². The number of ether oxygens (including phenoxy) is 1. The van der Waals surface area contributed by atoms with Crippen molar-refractivity contribution >= 4 is 23.6 Å². The summed E-state index contributed by atoms with van der Waals surface area (Å²) in [6, 6.07) is 6.78. The number of hydrogen-bond acceptors (Lipinski definition) is 7. The van der Waals surface area contributed by atoms with Crippen molar-refractivity contribution in [1.82, 2.24) is 10.3 Å². The van der Waals surface area contributed by atoms with Gasteiger partial charge >= 0.3 is 6.09 Å². The second-order valence-corrected chi connectivity index (χ2v) is 6.65. The molecule has 0 spiro atoms. The number of hydrogen-bond donors (Lipinski definition) is 3. The Morgan fingerprint density at radius 2 is 2.17 bits per heavy atom. The van der Waals surface area contributed by atoms with Crippen molar-refractivity contribution in [1.29, 1.82) is 5.41 Å². The molecule has 4 N–H and O–H groups in total. The van der Waals surface area contributed by atoms with E-state index >= 15 is 4.39 Å². The molecule has 1 aromatic carbocycles. The number of aromatic nitrogens is 1. The molecule has 0 saturated carbocycles. The number of nitrogens with zero attached hydrogens (tertiary/aromatic N) is 3. The molecule has 1 amide bonds. The van der Waals surface area contributed by atoms with E-state index in [-0.39, 0.29) is 12.2 Å². The molecule has 2 heterocycles. The molecular weight excluding hydrogens is 391 g/mol. The predicted molar refractivity (Wildman–Crippen MR) is 111 cm³/mol. The van der Waals surface area contributed by atoms with Crippen LogP contribution in [0.2, 0.25) is 0 Å². The molecule has 1 saturated heterocycles. The van der Waals surface area contributed by atoms with Crippen molar-refractivity contribution in [2.45, 2.75) is 20.0 Å². The van der Waals surface area contributed by atoms with Crippen molar-refractivity contribution in [2.75, 3.05) is 25.1 Å². The van der Waals surface area contributed by atoms with Crippen LogP contribution in [0.25, 0.3) is 11.1 Å². The van der Waals surface area contributed by atoms with Crippen molar-refractivity contribution in [3.8, 4) is 11.1 Å².